The molecule has 2 rings (SSSR count). The molecule has 0 unspecified atom stereocenters. The molecule has 0 fully saturated rings. The van der Waals surface area contributed by atoms with Gasteiger partial charge in [0.15, 0.2) is 0 Å². The number of pyridine rings is 1. The maximum Gasteiger partial charge on any atom is 0.311 e. The van der Waals surface area contributed by atoms with E-state index in [1.54, 1.807) is 26.4 Å². The van der Waals surface area contributed by atoms with Crippen molar-refractivity contribution in [3.05, 3.63) is 30.0 Å². The molecule has 0 saturated carbocycles. The molecular weight excluding hydrogens is 246 g/mol. The molecule has 0 aliphatic heterocycles. The molecular formula is C14H15NO4. The van der Waals surface area contributed by atoms with Gasteiger partial charge in [0, 0.05) is 5.39 Å². The van der Waals surface area contributed by atoms with Crippen LogP contribution < -0.4 is 9.47 Å². The van der Waals surface area contributed by atoms with E-state index in [1.807, 2.05) is 12.1 Å². The Labute approximate surface area is 111 Å². The van der Waals surface area contributed by atoms with Gasteiger partial charge in [0.05, 0.1) is 33.4 Å². The third-order valence-electron chi connectivity index (χ3n) is 2.83. The van der Waals surface area contributed by atoms with E-state index in [2.05, 4.69) is 9.72 Å². The fourth-order valence-electron chi connectivity index (χ4n) is 1.87. The topological polar surface area (TPSA) is 57.7 Å². The Morgan fingerprint density at radius 2 is 1.74 bits per heavy atom. The number of benzene rings is 1. The number of hydrogen-bond donors (Lipinski definition) is 0. The first-order valence-corrected chi connectivity index (χ1v) is 5.77. The van der Waals surface area contributed by atoms with E-state index in [4.69, 9.17) is 9.47 Å². The Bertz CT molecular complexity index is 610. The molecule has 5 heteroatoms. The number of methoxy groups -OCH3 is 3. The van der Waals surface area contributed by atoms with E-state index in [-0.39, 0.29) is 12.4 Å². The fourth-order valence-corrected chi connectivity index (χ4v) is 1.87. The van der Waals surface area contributed by atoms with Gasteiger partial charge in [0.1, 0.15) is 17.0 Å². The molecule has 0 aliphatic carbocycles. The van der Waals surface area contributed by atoms with Crippen LogP contribution in [0, 0.1) is 0 Å². The Hall–Kier alpha value is -2.30. The van der Waals surface area contributed by atoms with Crippen molar-refractivity contribution in [2.45, 2.75) is 6.42 Å². The summed E-state index contributed by atoms with van der Waals surface area (Å²) in [5.41, 5.74) is 1.30. The zero-order chi connectivity index (χ0) is 13.8. The number of carbonyl (C=O) groups is 1. The summed E-state index contributed by atoms with van der Waals surface area (Å²) in [7, 11) is 4.53. The molecule has 0 bridgehead atoms. The van der Waals surface area contributed by atoms with Crippen LogP contribution in [-0.2, 0) is 16.0 Å². The zero-order valence-corrected chi connectivity index (χ0v) is 11.1. The van der Waals surface area contributed by atoms with Gasteiger partial charge in [-0.2, -0.15) is 0 Å². The monoisotopic (exact) mass is 261 g/mol. The minimum atomic E-state index is -0.325. The van der Waals surface area contributed by atoms with Gasteiger partial charge in [-0.25, -0.2) is 4.98 Å². The molecule has 5 nitrogen and oxygen atoms in total. The molecule has 0 amide bonds. The summed E-state index contributed by atoms with van der Waals surface area (Å²) in [5.74, 6) is 1.03. The predicted octanol–water partition coefficient (Wildman–Crippen LogP) is 1.97. The van der Waals surface area contributed by atoms with Crippen molar-refractivity contribution in [3.8, 4) is 11.5 Å². The molecule has 1 heterocycles. The quantitative estimate of drug-likeness (QED) is 0.787. The summed E-state index contributed by atoms with van der Waals surface area (Å²) in [6.45, 7) is 0. The first kappa shape index (κ1) is 13.1. The lowest BCUT2D eigenvalue weighted by Gasteiger charge is -2.10. The number of ether oxygens (including phenoxy) is 3. The first-order chi connectivity index (χ1) is 9.19. The Morgan fingerprint density at radius 3 is 2.37 bits per heavy atom. The largest absolute Gasteiger partial charge is 0.496 e. The maximum atomic E-state index is 11.3. The minimum Gasteiger partial charge on any atom is -0.496 e. The van der Waals surface area contributed by atoms with Crippen molar-refractivity contribution >= 4 is 16.9 Å². The van der Waals surface area contributed by atoms with E-state index in [9.17, 15) is 4.79 Å². The molecule has 1 aromatic heterocycles. The summed E-state index contributed by atoms with van der Waals surface area (Å²) in [6, 6.07) is 7.25. The van der Waals surface area contributed by atoms with Crippen LogP contribution in [0.2, 0.25) is 0 Å². The number of hydrogen-bond acceptors (Lipinski definition) is 5. The van der Waals surface area contributed by atoms with E-state index in [1.165, 1.54) is 7.11 Å². The van der Waals surface area contributed by atoms with Crippen LogP contribution in [-0.4, -0.2) is 32.3 Å². The van der Waals surface area contributed by atoms with Gasteiger partial charge in [0.25, 0.3) is 0 Å². The fraction of sp³-hybridized carbons (Fsp3) is 0.286. The van der Waals surface area contributed by atoms with Crippen molar-refractivity contribution in [2.24, 2.45) is 0 Å². The van der Waals surface area contributed by atoms with Crippen LogP contribution in [0.3, 0.4) is 0 Å². The molecule has 1 aromatic carbocycles. The van der Waals surface area contributed by atoms with Crippen LogP contribution in [0.15, 0.2) is 24.3 Å². The van der Waals surface area contributed by atoms with Crippen molar-refractivity contribution in [3.63, 3.8) is 0 Å². The Kier molecular flexibility index (Phi) is 3.85. The highest BCUT2D eigenvalue weighted by Gasteiger charge is 2.11. The average Bonchev–Trinajstić information content (AvgIpc) is 2.45. The summed E-state index contributed by atoms with van der Waals surface area (Å²) in [5, 5.41) is 0.843. The van der Waals surface area contributed by atoms with E-state index in [0.29, 0.717) is 22.7 Å². The lowest BCUT2D eigenvalue weighted by atomic mass is 10.1. The third kappa shape index (κ3) is 2.59. The summed E-state index contributed by atoms with van der Waals surface area (Å²) < 4.78 is 15.2. The number of nitrogens with zero attached hydrogens (tertiary/aromatic N) is 1. The van der Waals surface area contributed by atoms with Crippen LogP contribution >= 0.6 is 0 Å². The number of fused-ring (bicyclic) bond motifs is 1. The standard InChI is InChI=1S/C14H15NO4/c1-17-11-6-7-12(18-2)14-10(11)5-4-9(15-14)8-13(16)19-3/h4-7H,8H2,1-3H3. The lowest BCUT2D eigenvalue weighted by Crippen LogP contribution is -2.06. The average molecular weight is 261 g/mol. The number of aromatic nitrogens is 1. The number of esters is 1. The lowest BCUT2D eigenvalue weighted by molar-refractivity contribution is -0.139. The van der Waals surface area contributed by atoms with Crippen molar-refractivity contribution in [1.29, 1.82) is 0 Å². The van der Waals surface area contributed by atoms with E-state index in [0.717, 1.165) is 5.39 Å². The molecule has 100 valence electrons. The molecule has 0 radical (unpaired) electrons. The minimum absolute atomic E-state index is 0.132. The van der Waals surface area contributed by atoms with Gasteiger partial charge in [-0.05, 0) is 24.3 Å². The third-order valence-corrected chi connectivity index (χ3v) is 2.83. The number of rotatable bonds is 4. The number of carbonyl (C=O) groups excluding carboxylic acids is 1. The van der Waals surface area contributed by atoms with Crippen LogP contribution in [0.4, 0.5) is 0 Å². The van der Waals surface area contributed by atoms with Crippen LogP contribution in [0.5, 0.6) is 11.5 Å². The van der Waals surface area contributed by atoms with Gasteiger partial charge >= 0.3 is 5.97 Å². The van der Waals surface area contributed by atoms with Crippen molar-refractivity contribution < 1.29 is 19.0 Å². The normalized spacial score (nSPS) is 10.3. The maximum absolute atomic E-state index is 11.3. The van der Waals surface area contributed by atoms with Gasteiger partial charge in [-0.1, -0.05) is 0 Å². The first-order valence-electron chi connectivity index (χ1n) is 5.77. The second-order valence-electron chi connectivity index (χ2n) is 3.92. The molecule has 19 heavy (non-hydrogen) atoms. The molecule has 0 N–H and O–H groups in total. The molecule has 2 aromatic rings. The highest BCUT2D eigenvalue weighted by atomic mass is 16.5. The van der Waals surface area contributed by atoms with Crippen molar-refractivity contribution in [1.82, 2.24) is 4.98 Å². The van der Waals surface area contributed by atoms with E-state index < -0.39 is 0 Å². The second-order valence-corrected chi connectivity index (χ2v) is 3.92. The van der Waals surface area contributed by atoms with Crippen LogP contribution in [0.1, 0.15) is 5.69 Å². The molecule has 0 atom stereocenters. The second kappa shape index (κ2) is 5.56. The van der Waals surface area contributed by atoms with Gasteiger partial charge in [-0.15, -0.1) is 0 Å². The van der Waals surface area contributed by atoms with Gasteiger partial charge < -0.3 is 14.2 Å². The Morgan fingerprint density at radius 1 is 1.05 bits per heavy atom. The Balaban J connectivity index is 2.53. The summed E-state index contributed by atoms with van der Waals surface area (Å²) in [4.78, 5) is 15.7. The predicted molar refractivity (Wildman–Crippen MR) is 70.6 cm³/mol. The van der Waals surface area contributed by atoms with Crippen LogP contribution in [0.25, 0.3) is 10.9 Å². The smallest absolute Gasteiger partial charge is 0.311 e. The SMILES string of the molecule is COC(=O)Cc1ccc2c(OC)ccc(OC)c2n1. The van der Waals surface area contributed by atoms with Crippen molar-refractivity contribution in [2.75, 3.05) is 21.3 Å². The highest BCUT2D eigenvalue weighted by Crippen LogP contribution is 2.31. The molecule has 0 spiro atoms. The molecule has 0 aliphatic rings. The summed E-state index contributed by atoms with van der Waals surface area (Å²) in [6.07, 6.45) is 0.132. The zero-order valence-electron chi connectivity index (χ0n) is 11.1. The van der Waals surface area contributed by atoms with E-state index >= 15 is 0 Å². The van der Waals surface area contributed by atoms with Gasteiger partial charge in [-0.3, -0.25) is 4.79 Å². The molecule has 0 saturated heterocycles. The highest BCUT2D eigenvalue weighted by molar-refractivity contribution is 5.90. The summed E-state index contributed by atoms with van der Waals surface area (Å²) >= 11 is 0. The van der Waals surface area contributed by atoms with Gasteiger partial charge in [0.2, 0.25) is 0 Å².